The number of ether oxygens (including phenoxy) is 1. The molecular formula is C9H19N2O2+. The summed E-state index contributed by atoms with van der Waals surface area (Å²) in [6, 6.07) is 0. The molecule has 76 valence electrons. The highest BCUT2D eigenvalue weighted by atomic mass is 16.5. The number of esters is 1. The van der Waals surface area contributed by atoms with Crippen LogP contribution in [0.5, 0.6) is 0 Å². The Hall–Kier alpha value is -1.03. The Kier molecular flexibility index (Phi) is 3.94. The van der Waals surface area contributed by atoms with E-state index in [1.807, 2.05) is 21.1 Å². The van der Waals surface area contributed by atoms with E-state index in [0.717, 1.165) is 0 Å². The zero-order valence-corrected chi connectivity index (χ0v) is 9.05. The van der Waals surface area contributed by atoms with Crippen LogP contribution >= 0.6 is 0 Å². The molecule has 0 aliphatic heterocycles. The van der Waals surface area contributed by atoms with E-state index < -0.39 is 0 Å². The van der Waals surface area contributed by atoms with Crippen molar-refractivity contribution in [2.24, 2.45) is 5.73 Å². The Morgan fingerprint density at radius 2 is 1.85 bits per heavy atom. The lowest BCUT2D eigenvalue weighted by Crippen LogP contribution is -2.39. The molecule has 0 atom stereocenters. The molecule has 4 nitrogen and oxygen atoms in total. The van der Waals surface area contributed by atoms with E-state index in [1.54, 1.807) is 13.8 Å². The lowest BCUT2D eigenvalue weighted by atomic mass is 10.3. The standard InChI is InChI=1S/C9H18N2O2/c1-6-13-9(12)7(2)8(10)11(3,4)5/h6H2,1-5H3,(H-,10,12)/p+1. The molecule has 0 aromatic rings. The van der Waals surface area contributed by atoms with E-state index >= 15 is 0 Å². The summed E-state index contributed by atoms with van der Waals surface area (Å²) < 4.78 is 5.27. The largest absolute Gasteiger partial charge is 0.462 e. The molecule has 0 unspecified atom stereocenters. The average molecular weight is 187 g/mol. The summed E-state index contributed by atoms with van der Waals surface area (Å²) in [5, 5.41) is 0. The third-order valence-corrected chi connectivity index (χ3v) is 1.69. The zero-order chi connectivity index (χ0) is 10.6. The number of hydrogen-bond acceptors (Lipinski definition) is 3. The van der Waals surface area contributed by atoms with Crippen LogP contribution < -0.4 is 5.73 Å². The predicted octanol–water partition coefficient (Wildman–Crippen LogP) is 0.446. The van der Waals surface area contributed by atoms with Gasteiger partial charge in [0.1, 0.15) is 5.57 Å². The number of hydrogen-bond donors (Lipinski definition) is 1. The lowest BCUT2D eigenvalue weighted by Gasteiger charge is -2.24. The fourth-order valence-electron chi connectivity index (χ4n) is 0.847. The van der Waals surface area contributed by atoms with Gasteiger partial charge in [0.25, 0.3) is 0 Å². The van der Waals surface area contributed by atoms with Crippen molar-refractivity contribution in [2.75, 3.05) is 27.7 Å². The lowest BCUT2D eigenvalue weighted by molar-refractivity contribution is -0.832. The topological polar surface area (TPSA) is 52.3 Å². The van der Waals surface area contributed by atoms with Crippen LogP contribution in [0.3, 0.4) is 0 Å². The highest BCUT2D eigenvalue weighted by molar-refractivity contribution is 5.88. The van der Waals surface area contributed by atoms with Gasteiger partial charge in [-0.15, -0.1) is 0 Å². The van der Waals surface area contributed by atoms with E-state index in [1.165, 1.54) is 0 Å². The molecule has 0 fully saturated rings. The molecule has 0 aromatic carbocycles. The van der Waals surface area contributed by atoms with E-state index in [4.69, 9.17) is 10.5 Å². The van der Waals surface area contributed by atoms with Crippen molar-refractivity contribution in [3.63, 3.8) is 0 Å². The molecular weight excluding hydrogens is 168 g/mol. The quantitative estimate of drug-likeness (QED) is 0.396. The van der Waals surface area contributed by atoms with Crippen LogP contribution in [0.2, 0.25) is 0 Å². The Bertz CT molecular complexity index is 226. The van der Waals surface area contributed by atoms with Gasteiger partial charge in [0, 0.05) is 0 Å². The fraction of sp³-hybridized carbons (Fsp3) is 0.667. The average Bonchev–Trinajstić information content (AvgIpc) is 2.00. The SMILES string of the molecule is CCOC(=O)C(C)=C(N)[N+](C)(C)C. The van der Waals surface area contributed by atoms with Gasteiger partial charge in [0.15, 0.2) is 0 Å². The summed E-state index contributed by atoms with van der Waals surface area (Å²) in [5.41, 5.74) is 6.26. The molecule has 0 heterocycles. The van der Waals surface area contributed by atoms with E-state index in [9.17, 15) is 4.79 Å². The molecule has 0 saturated heterocycles. The van der Waals surface area contributed by atoms with Gasteiger partial charge in [0.05, 0.1) is 27.7 Å². The summed E-state index contributed by atoms with van der Waals surface area (Å²) >= 11 is 0. The smallest absolute Gasteiger partial charge is 0.341 e. The second-order valence-corrected chi connectivity index (χ2v) is 3.74. The minimum Gasteiger partial charge on any atom is -0.462 e. The van der Waals surface area contributed by atoms with Crippen LogP contribution in [0, 0.1) is 0 Å². The zero-order valence-electron chi connectivity index (χ0n) is 9.05. The Balaban J connectivity index is 4.72. The highest BCUT2D eigenvalue weighted by Crippen LogP contribution is 2.08. The summed E-state index contributed by atoms with van der Waals surface area (Å²) in [5.74, 6) is 0.187. The molecule has 0 spiro atoms. The minimum atomic E-state index is -0.340. The summed E-state index contributed by atoms with van der Waals surface area (Å²) in [4.78, 5) is 11.3. The van der Waals surface area contributed by atoms with Gasteiger partial charge < -0.3 is 10.5 Å². The van der Waals surface area contributed by atoms with Crippen LogP contribution in [0.15, 0.2) is 11.4 Å². The van der Waals surface area contributed by atoms with Gasteiger partial charge in [-0.3, -0.25) is 4.48 Å². The van der Waals surface area contributed by atoms with Crippen molar-refractivity contribution in [2.45, 2.75) is 13.8 Å². The molecule has 0 rings (SSSR count). The van der Waals surface area contributed by atoms with Crippen LogP contribution in [-0.4, -0.2) is 38.2 Å². The van der Waals surface area contributed by atoms with Crippen molar-refractivity contribution in [3.8, 4) is 0 Å². The molecule has 2 N–H and O–H groups in total. The molecule has 0 radical (unpaired) electrons. The number of nitrogens with two attached hydrogens (primary N) is 1. The van der Waals surface area contributed by atoms with Crippen LogP contribution in [0.4, 0.5) is 0 Å². The normalized spacial score (nSPS) is 13.6. The molecule has 0 aliphatic carbocycles. The van der Waals surface area contributed by atoms with Gasteiger partial charge in [-0.05, 0) is 13.8 Å². The van der Waals surface area contributed by atoms with E-state index in [2.05, 4.69) is 0 Å². The maximum Gasteiger partial charge on any atom is 0.341 e. The van der Waals surface area contributed by atoms with Crippen LogP contribution in [0.25, 0.3) is 0 Å². The minimum absolute atomic E-state index is 0.340. The number of rotatable bonds is 3. The summed E-state index contributed by atoms with van der Waals surface area (Å²) in [6.07, 6.45) is 0. The monoisotopic (exact) mass is 187 g/mol. The summed E-state index contributed by atoms with van der Waals surface area (Å²) in [7, 11) is 5.70. The maximum absolute atomic E-state index is 11.3. The van der Waals surface area contributed by atoms with Gasteiger partial charge in [0.2, 0.25) is 5.82 Å². The molecule has 0 aromatic heterocycles. The van der Waals surface area contributed by atoms with Crippen molar-refractivity contribution < 1.29 is 14.0 Å². The second-order valence-electron chi connectivity index (χ2n) is 3.74. The molecule has 0 saturated carbocycles. The third kappa shape index (κ3) is 3.46. The number of carbonyl (C=O) groups is 1. The molecule has 4 heteroatoms. The highest BCUT2D eigenvalue weighted by Gasteiger charge is 2.20. The Labute approximate surface area is 79.6 Å². The van der Waals surface area contributed by atoms with Crippen molar-refractivity contribution in [3.05, 3.63) is 11.4 Å². The molecule has 13 heavy (non-hydrogen) atoms. The Morgan fingerprint density at radius 3 is 2.15 bits per heavy atom. The van der Waals surface area contributed by atoms with Crippen molar-refractivity contribution >= 4 is 5.97 Å². The number of nitrogens with zero attached hydrogens (tertiary/aromatic N) is 1. The van der Waals surface area contributed by atoms with Crippen molar-refractivity contribution in [1.82, 2.24) is 0 Å². The fourth-order valence-corrected chi connectivity index (χ4v) is 0.847. The maximum atomic E-state index is 11.3. The summed E-state index contributed by atoms with van der Waals surface area (Å²) in [6.45, 7) is 3.82. The van der Waals surface area contributed by atoms with Crippen LogP contribution in [-0.2, 0) is 9.53 Å². The van der Waals surface area contributed by atoms with Gasteiger partial charge >= 0.3 is 5.97 Å². The predicted molar refractivity (Wildman–Crippen MR) is 51.6 cm³/mol. The number of quaternary nitrogens is 1. The first kappa shape index (κ1) is 12.0. The van der Waals surface area contributed by atoms with Gasteiger partial charge in [-0.25, -0.2) is 4.79 Å². The Morgan fingerprint density at radius 1 is 1.38 bits per heavy atom. The van der Waals surface area contributed by atoms with Crippen LogP contribution in [0.1, 0.15) is 13.8 Å². The molecule has 0 amide bonds. The first-order valence-electron chi connectivity index (χ1n) is 4.26. The first-order chi connectivity index (χ1) is 5.80. The molecule has 0 aliphatic rings. The van der Waals surface area contributed by atoms with Crippen molar-refractivity contribution in [1.29, 1.82) is 0 Å². The molecule has 0 bridgehead atoms. The van der Waals surface area contributed by atoms with Gasteiger partial charge in [-0.2, -0.15) is 0 Å². The number of carbonyl (C=O) groups excluding carboxylic acids is 1. The first-order valence-corrected chi connectivity index (χ1v) is 4.26. The second kappa shape index (κ2) is 4.28. The van der Waals surface area contributed by atoms with Gasteiger partial charge in [-0.1, -0.05) is 0 Å². The third-order valence-electron chi connectivity index (χ3n) is 1.69. The van der Waals surface area contributed by atoms with E-state index in [0.29, 0.717) is 22.5 Å². The van der Waals surface area contributed by atoms with E-state index in [-0.39, 0.29) is 5.97 Å².